The van der Waals surface area contributed by atoms with Crippen LogP contribution in [0.1, 0.15) is 47.0 Å². The van der Waals surface area contributed by atoms with Crippen molar-refractivity contribution in [3.8, 4) is 11.4 Å². The summed E-state index contributed by atoms with van der Waals surface area (Å²) in [6.07, 6.45) is 1.44. The van der Waals surface area contributed by atoms with E-state index in [1.165, 1.54) is 36.9 Å². The number of nitrogens with zero attached hydrogens (tertiary/aromatic N) is 5. The van der Waals surface area contributed by atoms with E-state index in [4.69, 9.17) is 4.74 Å². The molecule has 3 heterocycles. The molecule has 3 aromatic heterocycles. The Morgan fingerprint density at radius 3 is 2.49 bits per heavy atom. The molecule has 1 aromatic carbocycles. The van der Waals surface area contributed by atoms with E-state index in [1.807, 2.05) is 6.92 Å². The molecular formula is C24H22F3N5O2S. The van der Waals surface area contributed by atoms with Gasteiger partial charge in [-0.25, -0.2) is 9.97 Å². The van der Waals surface area contributed by atoms with Gasteiger partial charge in [-0.15, -0.1) is 0 Å². The van der Waals surface area contributed by atoms with Crippen LogP contribution >= 0.6 is 11.3 Å². The lowest BCUT2D eigenvalue weighted by Gasteiger charge is -2.18. The normalized spacial score (nSPS) is 14.9. The molecule has 0 amide bonds. The van der Waals surface area contributed by atoms with Gasteiger partial charge in [-0.3, -0.25) is 4.79 Å². The molecule has 35 heavy (non-hydrogen) atoms. The lowest BCUT2D eigenvalue weighted by atomic mass is 9.90. The number of halogens is 3. The van der Waals surface area contributed by atoms with Gasteiger partial charge in [0.15, 0.2) is 0 Å². The summed E-state index contributed by atoms with van der Waals surface area (Å²) in [5.41, 5.74) is 1.52. The quantitative estimate of drug-likeness (QED) is 0.354. The second-order valence-corrected chi connectivity index (χ2v) is 10.2. The van der Waals surface area contributed by atoms with Gasteiger partial charge in [0.05, 0.1) is 30.1 Å². The first kappa shape index (κ1) is 23.4. The fourth-order valence-electron chi connectivity index (χ4n) is 4.43. The molecule has 0 saturated heterocycles. The second kappa shape index (κ2) is 8.40. The van der Waals surface area contributed by atoms with Gasteiger partial charge in [0.1, 0.15) is 27.6 Å². The number of rotatable bonds is 7. The van der Waals surface area contributed by atoms with Crippen LogP contribution in [0.15, 0.2) is 30.7 Å². The topological polar surface area (TPSA) is 82.8 Å². The predicted molar refractivity (Wildman–Crippen MR) is 124 cm³/mol. The molecule has 0 aliphatic heterocycles. The number of methoxy groups -OCH3 is 1. The average Bonchev–Trinajstić information content (AvgIpc) is 3.17. The maximum Gasteiger partial charge on any atom is 0.418 e. The highest BCUT2D eigenvalue weighted by molar-refractivity contribution is 7.18. The van der Waals surface area contributed by atoms with Crippen LogP contribution in [0.2, 0.25) is 0 Å². The molecule has 0 N–H and O–H groups in total. The molecule has 0 atom stereocenters. The molecule has 1 saturated carbocycles. The summed E-state index contributed by atoms with van der Waals surface area (Å²) in [7, 11) is 1.35. The molecule has 11 heteroatoms. The molecule has 1 aliphatic rings. The van der Waals surface area contributed by atoms with Gasteiger partial charge in [0.2, 0.25) is 0 Å². The Morgan fingerprint density at radius 2 is 1.86 bits per heavy atom. The van der Waals surface area contributed by atoms with Crippen LogP contribution in [0.3, 0.4) is 0 Å². The highest BCUT2D eigenvalue weighted by Crippen LogP contribution is 2.51. The zero-order valence-electron chi connectivity index (χ0n) is 19.3. The summed E-state index contributed by atoms with van der Waals surface area (Å²) in [5.74, 6) is -0.0725. The van der Waals surface area contributed by atoms with Crippen molar-refractivity contribution >= 4 is 27.5 Å². The minimum absolute atomic E-state index is 0.0530. The maximum absolute atomic E-state index is 13.9. The van der Waals surface area contributed by atoms with E-state index in [2.05, 4.69) is 27.1 Å². The van der Waals surface area contributed by atoms with Crippen LogP contribution in [-0.4, -0.2) is 37.9 Å². The molecule has 5 rings (SSSR count). The van der Waals surface area contributed by atoms with Gasteiger partial charge in [-0.2, -0.15) is 28.2 Å². The summed E-state index contributed by atoms with van der Waals surface area (Å²) < 4.78 is 47.0. The van der Waals surface area contributed by atoms with Gasteiger partial charge in [0.25, 0.3) is 0 Å². The van der Waals surface area contributed by atoms with Crippen molar-refractivity contribution in [1.82, 2.24) is 25.0 Å². The number of hydrogen-bond acceptors (Lipinski definition) is 7. The largest absolute Gasteiger partial charge is 0.496 e. The Bertz CT molecular complexity index is 1430. The summed E-state index contributed by atoms with van der Waals surface area (Å²) in [6.45, 7) is 4.06. The van der Waals surface area contributed by atoms with Crippen molar-refractivity contribution in [3.05, 3.63) is 58.0 Å². The number of carbonyl (C=O) groups is 1. The first-order chi connectivity index (χ1) is 16.6. The number of aromatic nitrogens is 5. The highest BCUT2D eigenvalue weighted by Gasteiger charge is 2.43. The number of Topliss-reactive ketones (excluding diaryl/α,β-unsaturated/α-hetero) is 1. The SMILES string of the molecule is COc1cc(-n2nccn2)c(C(F)(F)F)cc1CC(=O)Cc1cnc2sc(C)nc2c1C1(C)CC1. The van der Waals surface area contributed by atoms with Crippen LogP contribution in [0.25, 0.3) is 16.0 Å². The van der Waals surface area contributed by atoms with Crippen LogP contribution in [0, 0.1) is 6.92 Å². The molecule has 0 unspecified atom stereocenters. The summed E-state index contributed by atoms with van der Waals surface area (Å²) in [4.78, 5) is 24.0. The smallest absolute Gasteiger partial charge is 0.418 e. The van der Waals surface area contributed by atoms with Gasteiger partial charge in [0, 0.05) is 30.7 Å². The Balaban J connectivity index is 1.50. The third-order valence-corrected chi connectivity index (χ3v) is 7.21. The third-order valence-electron chi connectivity index (χ3n) is 6.33. The Hall–Kier alpha value is -3.34. The van der Waals surface area contributed by atoms with Crippen LogP contribution in [0.4, 0.5) is 13.2 Å². The van der Waals surface area contributed by atoms with E-state index in [-0.39, 0.29) is 41.0 Å². The zero-order valence-corrected chi connectivity index (χ0v) is 20.1. The number of pyridine rings is 1. The first-order valence-corrected chi connectivity index (χ1v) is 11.8. The molecule has 0 radical (unpaired) electrons. The summed E-state index contributed by atoms with van der Waals surface area (Å²) in [6, 6.07) is 2.16. The number of thiazole rings is 1. The Morgan fingerprint density at radius 1 is 1.17 bits per heavy atom. The Labute approximate surface area is 203 Å². The second-order valence-electron chi connectivity index (χ2n) is 9.00. The molecule has 4 aromatic rings. The van der Waals surface area contributed by atoms with Gasteiger partial charge in [-0.1, -0.05) is 18.3 Å². The van der Waals surface area contributed by atoms with Crippen molar-refractivity contribution in [1.29, 1.82) is 0 Å². The maximum atomic E-state index is 13.9. The molecule has 0 bridgehead atoms. The minimum atomic E-state index is -4.67. The highest BCUT2D eigenvalue weighted by atomic mass is 32.1. The van der Waals surface area contributed by atoms with Crippen LogP contribution in [0.5, 0.6) is 5.75 Å². The molecular weight excluding hydrogens is 479 g/mol. The molecule has 182 valence electrons. The van der Waals surface area contributed by atoms with E-state index in [0.29, 0.717) is 0 Å². The molecule has 7 nitrogen and oxygen atoms in total. The fraction of sp³-hybridized carbons (Fsp3) is 0.375. The van der Waals surface area contributed by atoms with E-state index < -0.39 is 11.7 Å². The number of hydrogen-bond donors (Lipinski definition) is 0. The summed E-state index contributed by atoms with van der Waals surface area (Å²) in [5, 5.41) is 8.54. The number of fused-ring (bicyclic) bond motifs is 1. The van der Waals surface area contributed by atoms with Crippen LogP contribution in [-0.2, 0) is 29.2 Å². The number of alkyl halides is 3. The minimum Gasteiger partial charge on any atom is -0.496 e. The zero-order chi connectivity index (χ0) is 25.0. The number of aryl methyl sites for hydroxylation is 1. The summed E-state index contributed by atoms with van der Waals surface area (Å²) >= 11 is 1.51. The number of ketones is 1. The lowest BCUT2D eigenvalue weighted by Crippen LogP contribution is -2.16. The first-order valence-electron chi connectivity index (χ1n) is 11.0. The van der Waals surface area contributed by atoms with Crippen LogP contribution < -0.4 is 4.74 Å². The van der Waals surface area contributed by atoms with Crippen molar-refractivity contribution < 1.29 is 22.7 Å². The van der Waals surface area contributed by atoms with Gasteiger partial charge >= 0.3 is 6.18 Å². The van der Waals surface area contributed by atoms with E-state index in [9.17, 15) is 18.0 Å². The Kier molecular flexibility index (Phi) is 5.62. The van der Waals surface area contributed by atoms with Crippen molar-refractivity contribution in [2.75, 3.05) is 7.11 Å². The van der Waals surface area contributed by atoms with Gasteiger partial charge < -0.3 is 4.74 Å². The third kappa shape index (κ3) is 4.40. The number of ether oxygens (including phenoxy) is 1. The van der Waals surface area contributed by atoms with Crippen molar-refractivity contribution in [2.24, 2.45) is 0 Å². The number of carbonyl (C=O) groups excluding carboxylic acids is 1. The number of benzene rings is 1. The van der Waals surface area contributed by atoms with Crippen molar-refractivity contribution in [3.63, 3.8) is 0 Å². The lowest BCUT2D eigenvalue weighted by molar-refractivity contribution is -0.137. The predicted octanol–water partition coefficient (Wildman–Crippen LogP) is 5.01. The van der Waals surface area contributed by atoms with E-state index in [0.717, 1.165) is 50.2 Å². The monoisotopic (exact) mass is 501 g/mol. The van der Waals surface area contributed by atoms with Crippen molar-refractivity contribution in [2.45, 2.75) is 51.1 Å². The molecule has 1 aliphatic carbocycles. The fourth-order valence-corrected chi connectivity index (χ4v) is 5.19. The van der Waals surface area contributed by atoms with Gasteiger partial charge in [-0.05, 0) is 42.4 Å². The standard InChI is InChI=1S/C24H22F3N5O2S/c1-13-31-21-20(23(2)4-5-23)15(12-28-22(21)35-13)9-16(33)8-14-10-17(24(25,26)27)18(11-19(14)34-3)32-29-6-7-30-32/h6-7,10-12H,4-5,8-9H2,1-3H3. The molecule has 0 spiro atoms. The van der Waals surface area contributed by atoms with E-state index in [1.54, 1.807) is 6.20 Å². The average molecular weight is 502 g/mol. The molecule has 1 fully saturated rings. The van der Waals surface area contributed by atoms with E-state index >= 15 is 0 Å².